The van der Waals surface area contributed by atoms with Gasteiger partial charge >= 0.3 is 5.97 Å². The molecule has 0 aliphatic heterocycles. The van der Waals surface area contributed by atoms with Gasteiger partial charge in [0.2, 0.25) is 0 Å². The van der Waals surface area contributed by atoms with E-state index in [1.54, 1.807) is 12.3 Å². The Labute approximate surface area is 117 Å². The maximum Gasteiger partial charge on any atom is 0.308 e. The first-order chi connectivity index (χ1) is 9.71. The number of carbonyl (C=O) groups is 1. The molecule has 104 valence electrons. The topological polar surface area (TPSA) is 48.7 Å². The SMILES string of the molecule is C=Cc1cc(OC2CC(C(=O)OC)C2)c2occc2c1. The van der Waals surface area contributed by atoms with E-state index >= 15 is 0 Å². The third-order valence-electron chi connectivity index (χ3n) is 3.70. The van der Waals surface area contributed by atoms with Crippen LogP contribution in [-0.2, 0) is 9.53 Å². The van der Waals surface area contributed by atoms with Gasteiger partial charge in [-0.2, -0.15) is 0 Å². The molecule has 1 fully saturated rings. The summed E-state index contributed by atoms with van der Waals surface area (Å²) in [6.07, 6.45) is 4.83. The lowest BCUT2D eigenvalue weighted by atomic mass is 9.82. The second-order valence-corrected chi connectivity index (χ2v) is 4.99. The largest absolute Gasteiger partial charge is 0.486 e. The first-order valence-corrected chi connectivity index (χ1v) is 6.59. The van der Waals surface area contributed by atoms with Crippen molar-refractivity contribution in [1.82, 2.24) is 0 Å². The highest BCUT2D eigenvalue weighted by Gasteiger charge is 2.37. The molecule has 3 rings (SSSR count). The molecule has 20 heavy (non-hydrogen) atoms. The fourth-order valence-corrected chi connectivity index (χ4v) is 2.48. The van der Waals surface area contributed by atoms with Crippen LogP contribution in [0.5, 0.6) is 5.75 Å². The molecule has 1 aliphatic carbocycles. The maximum atomic E-state index is 11.4. The Hall–Kier alpha value is -2.23. The van der Waals surface area contributed by atoms with Crippen LogP contribution in [0.4, 0.5) is 0 Å². The molecule has 1 aliphatic rings. The van der Waals surface area contributed by atoms with Gasteiger partial charge < -0.3 is 13.9 Å². The zero-order valence-electron chi connectivity index (χ0n) is 11.3. The summed E-state index contributed by atoms with van der Waals surface area (Å²) in [4.78, 5) is 11.4. The molecule has 0 unspecified atom stereocenters. The Balaban J connectivity index is 1.77. The van der Waals surface area contributed by atoms with E-state index in [0.29, 0.717) is 18.6 Å². The quantitative estimate of drug-likeness (QED) is 0.800. The zero-order valence-corrected chi connectivity index (χ0v) is 11.3. The minimum absolute atomic E-state index is 0.0347. The first kappa shape index (κ1) is 12.8. The zero-order chi connectivity index (χ0) is 14.1. The molecule has 1 saturated carbocycles. The summed E-state index contributed by atoms with van der Waals surface area (Å²) in [6.45, 7) is 3.78. The number of hydrogen-bond donors (Lipinski definition) is 0. The maximum absolute atomic E-state index is 11.4. The van der Waals surface area contributed by atoms with Crippen molar-refractivity contribution in [3.63, 3.8) is 0 Å². The summed E-state index contributed by atoms with van der Waals surface area (Å²) in [5.74, 6) is 0.503. The summed E-state index contributed by atoms with van der Waals surface area (Å²) in [5, 5.41) is 0.987. The molecule has 1 heterocycles. The molecule has 0 saturated heterocycles. The van der Waals surface area contributed by atoms with Gasteiger partial charge in [0.15, 0.2) is 11.3 Å². The molecule has 1 aromatic heterocycles. The van der Waals surface area contributed by atoms with E-state index in [9.17, 15) is 4.79 Å². The fraction of sp³-hybridized carbons (Fsp3) is 0.312. The molecule has 0 spiro atoms. The van der Waals surface area contributed by atoms with Crippen LogP contribution < -0.4 is 4.74 Å². The molecule has 0 atom stereocenters. The Morgan fingerprint density at radius 2 is 2.25 bits per heavy atom. The van der Waals surface area contributed by atoms with E-state index in [-0.39, 0.29) is 18.0 Å². The minimum atomic E-state index is -0.159. The van der Waals surface area contributed by atoms with Gasteiger partial charge in [-0.3, -0.25) is 4.79 Å². The highest BCUT2D eigenvalue weighted by Crippen LogP contribution is 2.36. The van der Waals surface area contributed by atoms with Crippen LogP contribution in [0.15, 0.2) is 35.5 Å². The predicted molar refractivity (Wildman–Crippen MR) is 75.5 cm³/mol. The molecule has 0 radical (unpaired) electrons. The van der Waals surface area contributed by atoms with Gasteiger partial charge in [0.05, 0.1) is 19.3 Å². The lowest BCUT2D eigenvalue weighted by Crippen LogP contribution is -2.38. The number of ether oxygens (including phenoxy) is 2. The van der Waals surface area contributed by atoms with Crippen molar-refractivity contribution in [3.8, 4) is 5.75 Å². The van der Waals surface area contributed by atoms with Gasteiger partial charge in [-0.05, 0) is 36.6 Å². The number of esters is 1. The van der Waals surface area contributed by atoms with Crippen LogP contribution in [0.2, 0.25) is 0 Å². The van der Waals surface area contributed by atoms with E-state index in [0.717, 1.165) is 16.5 Å². The molecule has 0 N–H and O–H groups in total. The lowest BCUT2D eigenvalue weighted by Gasteiger charge is -2.33. The van der Waals surface area contributed by atoms with Crippen molar-refractivity contribution in [2.45, 2.75) is 18.9 Å². The van der Waals surface area contributed by atoms with Crippen molar-refractivity contribution in [3.05, 3.63) is 36.6 Å². The molecular weight excluding hydrogens is 256 g/mol. The molecule has 1 aromatic carbocycles. The number of fused-ring (bicyclic) bond motifs is 1. The Morgan fingerprint density at radius 1 is 1.45 bits per heavy atom. The number of methoxy groups -OCH3 is 1. The Kier molecular flexibility index (Phi) is 3.22. The van der Waals surface area contributed by atoms with Crippen LogP contribution >= 0.6 is 0 Å². The third kappa shape index (κ3) is 2.18. The Bertz CT molecular complexity index is 650. The highest BCUT2D eigenvalue weighted by molar-refractivity contribution is 5.85. The summed E-state index contributed by atoms with van der Waals surface area (Å²) >= 11 is 0. The summed E-state index contributed by atoms with van der Waals surface area (Å²) in [6, 6.07) is 5.80. The lowest BCUT2D eigenvalue weighted by molar-refractivity contribution is -0.151. The van der Waals surface area contributed by atoms with Gasteiger partial charge in [-0.25, -0.2) is 0 Å². The van der Waals surface area contributed by atoms with Crippen LogP contribution in [0.25, 0.3) is 17.0 Å². The highest BCUT2D eigenvalue weighted by atomic mass is 16.5. The van der Waals surface area contributed by atoms with Crippen molar-refractivity contribution in [1.29, 1.82) is 0 Å². The molecule has 0 bridgehead atoms. The molecule has 2 aromatic rings. The number of carbonyl (C=O) groups excluding carboxylic acids is 1. The minimum Gasteiger partial charge on any atom is -0.486 e. The van der Waals surface area contributed by atoms with E-state index in [1.807, 2.05) is 18.2 Å². The third-order valence-corrected chi connectivity index (χ3v) is 3.70. The van der Waals surface area contributed by atoms with Gasteiger partial charge in [0, 0.05) is 5.39 Å². The van der Waals surface area contributed by atoms with E-state index in [4.69, 9.17) is 13.9 Å². The molecule has 4 nitrogen and oxygen atoms in total. The van der Waals surface area contributed by atoms with Crippen LogP contribution in [0.3, 0.4) is 0 Å². The molecule has 0 amide bonds. The van der Waals surface area contributed by atoms with Gasteiger partial charge in [-0.15, -0.1) is 0 Å². The molecule has 4 heteroatoms. The second kappa shape index (κ2) is 5.04. The van der Waals surface area contributed by atoms with Gasteiger partial charge in [0.25, 0.3) is 0 Å². The standard InChI is InChI=1S/C16H16O4/c1-3-10-6-11-4-5-19-15(11)14(7-10)20-13-8-12(9-13)16(17)18-2/h3-7,12-13H,1,8-9H2,2H3. The molecular formula is C16H16O4. The van der Waals surface area contributed by atoms with Crippen molar-refractivity contribution < 1.29 is 18.7 Å². The van der Waals surface area contributed by atoms with Gasteiger partial charge in [0.1, 0.15) is 6.10 Å². The number of furan rings is 1. The summed E-state index contributed by atoms with van der Waals surface area (Å²) in [5.41, 5.74) is 1.72. The second-order valence-electron chi connectivity index (χ2n) is 4.99. The average Bonchev–Trinajstić information content (AvgIpc) is 2.89. The van der Waals surface area contributed by atoms with Crippen molar-refractivity contribution >= 4 is 23.0 Å². The van der Waals surface area contributed by atoms with Crippen LogP contribution in [0, 0.1) is 5.92 Å². The van der Waals surface area contributed by atoms with Crippen molar-refractivity contribution in [2.24, 2.45) is 5.92 Å². The normalized spacial score (nSPS) is 21.2. The van der Waals surface area contributed by atoms with E-state index in [1.165, 1.54) is 7.11 Å². The van der Waals surface area contributed by atoms with Gasteiger partial charge in [-0.1, -0.05) is 12.7 Å². The number of benzene rings is 1. The van der Waals surface area contributed by atoms with Crippen LogP contribution in [0.1, 0.15) is 18.4 Å². The number of rotatable bonds is 4. The summed E-state index contributed by atoms with van der Waals surface area (Å²) < 4.78 is 16.1. The van der Waals surface area contributed by atoms with E-state index < -0.39 is 0 Å². The van der Waals surface area contributed by atoms with Crippen LogP contribution in [-0.4, -0.2) is 19.2 Å². The fourth-order valence-electron chi connectivity index (χ4n) is 2.48. The van der Waals surface area contributed by atoms with Crippen molar-refractivity contribution in [2.75, 3.05) is 7.11 Å². The van der Waals surface area contributed by atoms with E-state index in [2.05, 4.69) is 6.58 Å². The predicted octanol–water partition coefficient (Wildman–Crippen LogP) is 3.41. The monoisotopic (exact) mass is 272 g/mol. The average molecular weight is 272 g/mol. The summed E-state index contributed by atoms with van der Waals surface area (Å²) in [7, 11) is 1.41. The Morgan fingerprint density at radius 3 is 2.95 bits per heavy atom. The smallest absolute Gasteiger partial charge is 0.308 e. The number of hydrogen-bond acceptors (Lipinski definition) is 4. The first-order valence-electron chi connectivity index (χ1n) is 6.59.